The van der Waals surface area contributed by atoms with Crippen LogP contribution in [0.1, 0.15) is 6.92 Å². The Morgan fingerprint density at radius 3 is 2.83 bits per heavy atom. The summed E-state index contributed by atoms with van der Waals surface area (Å²) in [7, 11) is 0. The van der Waals surface area contributed by atoms with Gasteiger partial charge in [-0.05, 0) is 12.1 Å². The van der Waals surface area contributed by atoms with Crippen LogP contribution in [0.15, 0.2) is 24.4 Å². The van der Waals surface area contributed by atoms with E-state index in [0.717, 1.165) is 5.01 Å². The summed E-state index contributed by atoms with van der Waals surface area (Å²) in [5.74, 6) is 5.39. The number of pyridine rings is 1. The number of rotatable bonds is 2. The number of nitrogens with zero attached hydrogens (tertiary/aromatic N) is 2. The number of hydrogen-bond donors (Lipinski definition) is 2. The van der Waals surface area contributed by atoms with Crippen LogP contribution in [0.3, 0.4) is 0 Å². The fraction of sp³-hybridized carbons (Fsp3) is 0.143. The highest BCUT2D eigenvalue weighted by atomic mass is 16.2. The van der Waals surface area contributed by atoms with Crippen molar-refractivity contribution >= 4 is 11.7 Å². The van der Waals surface area contributed by atoms with E-state index in [4.69, 9.17) is 5.84 Å². The summed E-state index contributed by atoms with van der Waals surface area (Å²) in [6.07, 6.45) is 1.59. The standard InChI is InChI=1S/C7H10N4O/c1-6(12)11(10-8)7-4-2-3-5-9-7/h2-5,10H,8H2,1H3. The minimum atomic E-state index is -0.212. The van der Waals surface area contributed by atoms with E-state index in [1.165, 1.54) is 6.92 Å². The quantitative estimate of drug-likeness (QED) is 0.472. The van der Waals surface area contributed by atoms with Crippen LogP contribution >= 0.6 is 0 Å². The summed E-state index contributed by atoms with van der Waals surface area (Å²) in [6.45, 7) is 1.40. The van der Waals surface area contributed by atoms with Crippen molar-refractivity contribution in [1.82, 2.24) is 10.5 Å². The van der Waals surface area contributed by atoms with E-state index in [2.05, 4.69) is 10.5 Å². The summed E-state index contributed by atoms with van der Waals surface area (Å²) in [4.78, 5) is 14.9. The maximum absolute atomic E-state index is 10.9. The summed E-state index contributed by atoms with van der Waals surface area (Å²) >= 11 is 0. The molecule has 0 aliphatic carbocycles. The monoisotopic (exact) mass is 166 g/mol. The molecule has 0 saturated carbocycles. The number of carbonyl (C=O) groups excluding carboxylic acids is 1. The number of amides is 1. The Labute approximate surface area is 70.1 Å². The summed E-state index contributed by atoms with van der Waals surface area (Å²) in [5, 5.41) is 1.15. The Kier molecular flexibility index (Phi) is 2.73. The van der Waals surface area contributed by atoms with Gasteiger partial charge in [0.25, 0.3) is 0 Å². The van der Waals surface area contributed by atoms with Crippen molar-refractivity contribution in [2.45, 2.75) is 6.92 Å². The average molecular weight is 166 g/mol. The first kappa shape index (κ1) is 8.63. The minimum Gasteiger partial charge on any atom is -0.273 e. The van der Waals surface area contributed by atoms with Crippen molar-refractivity contribution in [3.05, 3.63) is 24.4 Å². The van der Waals surface area contributed by atoms with Gasteiger partial charge in [0.05, 0.1) is 0 Å². The first-order chi connectivity index (χ1) is 5.75. The largest absolute Gasteiger partial charge is 0.273 e. The second kappa shape index (κ2) is 3.80. The van der Waals surface area contributed by atoms with Crippen molar-refractivity contribution < 1.29 is 4.79 Å². The molecule has 0 aromatic carbocycles. The van der Waals surface area contributed by atoms with Crippen LogP contribution in [-0.2, 0) is 4.79 Å². The average Bonchev–Trinajstić information content (AvgIpc) is 2.07. The van der Waals surface area contributed by atoms with Crippen LogP contribution in [-0.4, -0.2) is 10.9 Å². The molecule has 0 atom stereocenters. The molecule has 5 heteroatoms. The molecule has 0 unspecified atom stereocenters. The highest BCUT2D eigenvalue weighted by Crippen LogP contribution is 2.04. The minimum absolute atomic E-state index is 0.212. The fourth-order valence-electron chi connectivity index (χ4n) is 0.804. The Morgan fingerprint density at radius 2 is 2.42 bits per heavy atom. The molecule has 0 radical (unpaired) electrons. The first-order valence-corrected chi connectivity index (χ1v) is 3.43. The second-order valence-corrected chi connectivity index (χ2v) is 2.17. The zero-order valence-corrected chi connectivity index (χ0v) is 6.69. The molecular weight excluding hydrogens is 156 g/mol. The third kappa shape index (κ3) is 1.77. The summed E-state index contributed by atoms with van der Waals surface area (Å²) in [6, 6.07) is 5.22. The molecular formula is C7H10N4O. The van der Waals surface area contributed by atoms with Crippen molar-refractivity contribution in [2.75, 3.05) is 5.01 Å². The molecule has 0 spiro atoms. The van der Waals surface area contributed by atoms with Crippen molar-refractivity contribution in [3.63, 3.8) is 0 Å². The predicted molar refractivity (Wildman–Crippen MR) is 44.7 cm³/mol. The molecule has 1 amide bonds. The van der Waals surface area contributed by atoms with Gasteiger partial charge in [-0.2, -0.15) is 5.53 Å². The van der Waals surface area contributed by atoms with Gasteiger partial charge in [0.2, 0.25) is 5.91 Å². The molecule has 5 nitrogen and oxygen atoms in total. The Bertz CT molecular complexity index is 261. The van der Waals surface area contributed by atoms with Gasteiger partial charge in [-0.15, -0.1) is 0 Å². The molecule has 3 N–H and O–H groups in total. The maximum Gasteiger partial charge on any atom is 0.240 e. The molecule has 1 heterocycles. The zero-order chi connectivity index (χ0) is 8.97. The normalized spacial score (nSPS) is 9.50. The van der Waals surface area contributed by atoms with Gasteiger partial charge >= 0.3 is 0 Å². The lowest BCUT2D eigenvalue weighted by atomic mass is 10.4. The third-order valence-corrected chi connectivity index (χ3v) is 1.32. The fourth-order valence-corrected chi connectivity index (χ4v) is 0.804. The van der Waals surface area contributed by atoms with E-state index >= 15 is 0 Å². The number of carbonyl (C=O) groups is 1. The number of anilines is 1. The van der Waals surface area contributed by atoms with Gasteiger partial charge in [0.1, 0.15) is 0 Å². The Morgan fingerprint density at radius 1 is 1.67 bits per heavy atom. The van der Waals surface area contributed by atoms with E-state index in [1.54, 1.807) is 24.4 Å². The highest BCUT2D eigenvalue weighted by molar-refractivity contribution is 5.89. The molecule has 64 valence electrons. The highest BCUT2D eigenvalue weighted by Gasteiger charge is 2.08. The first-order valence-electron chi connectivity index (χ1n) is 3.43. The molecule has 0 bridgehead atoms. The Balaban J connectivity index is 2.88. The van der Waals surface area contributed by atoms with Gasteiger partial charge in [-0.25, -0.2) is 9.99 Å². The van der Waals surface area contributed by atoms with Crippen LogP contribution in [0.2, 0.25) is 0 Å². The number of hydrogen-bond acceptors (Lipinski definition) is 4. The Hall–Kier alpha value is -1.46. The lowest BCUT2D eigenvalue weighted by Crippen LogP contribution is -2.46. The number of hydrazine groups is 2. The zero-order valence-electron chi connectivity index (χ0n) is 6.69. The van der Waals surface area contributed by atoms with Crippen molar-refractivity contribution in [3.8, 4) is 0 Å². The molecule has 1 rings (SSSR count). The van der Waals surface area contributed by atoms with E-state index in [-0.39, 0.29) is 5.91 Å². The van der Waals surface area contributed by atoms with Crippen molar-refractivity contribution in [1.29, 1.82) is 0 Å². The van der Waals surface area contributed by atoms with Crippen LogP contribution in [0.25, 0.3) is 0 Å². The van der Waals surface area contributed by atoms with Crippen LogP contribution < -0.4 is 16.4 Å². The molecule has 1 aromatic heterocycles. The number of aromatic nitrogens is 1. The lowest BCUT2D eigenvalue weighted by molar-refractivity contribution is -0.117. The number of nitrogens with one attached hydrogen (secondary N) is 1. The van der Waals surface area contributed by atoms with E-state index in [1.807, 2.05) is 0 Å². The van der Waals surface area contributed by atoms with Gasteiger partial charge in [-0.3, -0.25) is 10.6 Å². The molecule has 12 heavy (non-hydrogen) atoms. The van der Waals surface area contributed by atoms with E-state index in [0.29, 0.717) is 5.82 Å². The summed E-state index contributed by atoms with van der Waals surface area (Å²) in [5.41, 5.74) is 2.24. The van der Waals surface area contributed by atoms with E-state index in [9.17, 15) is 4.79 Å². The lowest BCUT2D eigenvalue weighted by Gasteiger charge is -2.16. The summed E-state index contributed by atoms with van der Waals surface area (Å²) < 4.78 is 0. The van der Waals surface area contributed by atoms with Gasteiger partial charge in [-0.1, -0.05) is 6.07 Å². The van der Waals surface area contributed by atoms with Crippen LogP contribution in [0.4, 0.5) is 5.82 Å². The topological polar surface area (TPSA) is 71.2 Å². The molecule has 0 fully saturated rings. The van der Waals surface area contributed by atoms with Gasteiger partial charge in [0, 0.05) is 13.1 Å². The van der Waals surface area contributed by atoms with Gasteiger partial charge < -0.3 is 0 Å². The van der Waals surface area contributed by atoms with Crippen LogP contribution in [0.5, 0.6) is 0 Å². The van der Waals surface area contributed by atoms with Gasteiger partial charge in [0.15, 0.2) is 5.82 Å². The van der Waals surface area contributed by atoms with Crippen LogP contribution in [0, 0.1) is 0 Å². The number of nitrogens with two attached hydrogens (primary N) is 1. The second-order valence-electron chi connectivity index (χ2n) is 2.17. The molecule has 0 saturated heterocycles. The molecule has 1 aromatic rings. The molecule has 0 aliphatic rings. The van der Waals surface area contributed by atoms with E-state index < -0.39 is 0 Å². The third-order valence-electron chi connectivity index (χ3n) is 1.32. The maximum atomic E-state index is 10.9. The molecule has 0 aliphatic heterocycles. The SMILES string of the molecule is CC(=O)N(NN)c1ccccn1. The predicted octanol–water partition coefficient (Wildman–Crippen LogP) is -0.187. The van der Waals surface area contributed by atoms with Crippen molar-refractivity contribution in [2.24, 2.45) is 5.84 Å². The smallest absolute Gasteiger partial charge is 0.240 e.